The Morgan fingerprint density at radius 2 is 2.23 bits per heavy atom. The van der Waals surface area contributed by atoms with E-state index < -0.39 is 0 Å². The highest BCUT2D eigenvalue weighted by molar-refractivity contribution is 5.67. The lowest BCUT2D eigenvalue weighted by Gasteiger charge is -2.03. The monoisotopic (exact) mass is 173 g/mol. The van der Waals surface area contributed by atoms with Gasteiger partial charge >= 0.3 is 0 Å². The molecule has 3 nitrogen and oxygen atoms in total. The topological polar surface area (TPSA) is 54.7 Å². The summed E-state index contributed by atoms with van der Waals surface area (Å²) in [4.78, 5) is 7.03. The van der Waals surface area contributed by atoms with E-state index in [1.807, 2.05) is 18.2 Å². The van der Waals surface area contributed by atoms with Gasteiger partial charge in [0.15, 0.2) is 0 Å². The van der Waals surface area contributed by atoms with Crippen LogP contribution in [-0.2, 0) is 0 Å². The minimum absolute atomic E-state index is 0.773. The van der Waals surface area contributed by atoms with Gasteiger partial charge in [0.1, 0.15) is 0 Å². The Bertz CT molecular complexity index is 404. The van der Waals surface area contributed by atoms with Crippen LogP contribution in [0, 0.1) is 6.92 Å². The van der Waals surface area contributed by atoms with E-state index >= 15 is 0 Å². The van der Waals surface area contributed by atoms with Crippen LogP contribution in [0.5, 0.6) is 0 Å². The number of benzene rings is 1. The lowest BCUT2D eigenvalue weighted by Crippen LogP contribution is -1.88. The fourth-order valence-corrected chi connectivity index (χ4v) is 1.33. The Hall–Kier alpha value is -1.77. The van der Waals surface area contributed by atoms with Crippen LogP contribution >= 0.6 is 0 Å². The third-order valence-electron chi connectivity index (χ3n) is 2.05. The molecule has 0 bridgehead atoms. The van der Waals surface area contributed by atoms with Gasteiger partial charge in [-0.1, -0.05) is 6.07 Å². The summed E-state index contributed by atoms with van der Waals surface area (Å²) in [6.45, 7) is 2.05. The molecular formula is C10H11N3. The van der Waals surface area contributed by atoms with Crippen LogP contribution in [0.2, 0.25) is 0 Å². The predicted octanol–water partition coefficient (Wildman–Crippen LogP) is 1.97. The van der Waals surface area contributed by atoms with E-state index in [1.54, 1.807) is 12.5 Å². The Morgan fingerprint density at radius 3 is 2.92 bits per heavy atom. The van der Waals surface area contributed by atoms with E-state index in [0.717, 1.165) is 16.9 Å². The summed E-state index contributed by atoms with van der Waals surface area (Å²) in [5.74, 6) is 0. The van der Waals surface area contributed by atoms with Gasteiger partial charge < -0.3 is 10.7 Å². The molecular weight excluding hydrogens is 162 g/mol. The first kappa shape index (κ1) is 7.86. The fraction of sp³-hybridized carbons (Fsp3) is 0.100. The van der Waals surface area contributed by atoms with Crippen molar-refractivity contribution in [3.8, 4) is 11.3 Å². The van der Waals surface area contributed by atoms with Crippen molar-refractivity contribution in [3.63, 3.8) is 0 Å². The van der Waals surface area contributed by atoms with Gasteiger partial charge in [0.05, 0.1) is 18.2 Å². The highest BCUT2D eigenvalue weighted by Crippen LogP contribution is 2.22. The van der Waals surface area contributed by atoms with Gasteiger partial charge in [-0.15, -0.1) is 0 Å². The fourth-order valence-electron chi connectivity index (χ4n) is 1.33. The highest BCUT2D eigenvalue weighted by atomic mass is 14.9. The van der Waals surface area contributed by atoms with Crippen molar-refractivity contribution in [3.05, 3.63) is 36.3 Å². The molecule has 1 heterocycles. The zero-order valence-electron chi connectivity index (χ0n) is 7.41. The molecule has 66 valence electrons. The van der Waals surface area contributed by atoms with Crippen LogP contribution in [0.3, 0.4) is 0 Å². The number of aromatic nitrogens is 2. The molecule has 1 aromatic carbocycles. The second-order valence-electron chi connectivity index (χ2n) is 3.04. The summed E-state index contributed by atoms with van der Waals surface area (Å²) in [7, 11) is 0. The van der Waals surface area contributed by atoms with Crippen LogP contribution < -0.4 is 5.73 Å². The maximum Gasteiger partial charge on any atom is 0.0924 e. The molecule has 13 heavy (non-hydrogen) atoms. The number of nitrogens with two attached hydrogens (primary N) is 1. The molecule has 0 aliphatic rings. The molecule has 0 radical (unpaired) electrons. The van der Waals surface area contributed by atoms with Gasteiger partial charge in [-0.05, 0) is 24.6 Å². The zero-order valence-corrected chi connectivity index (χ0v) is 7.41. The number of nitrogens with zero attached hydrogens (tertiary/aromatic N) is 1. The second kappa shape index (κ2) is 2.94. The van der Waals surface area contributed by atoms with E-state index in [1.165, 1.54) is 5.56 Å². The molecule has 0 spiro atoms. The van der Waals surface area contributed by atoms with Crippen LogP contribution in [0.15, 0.2) is 30.7 Å². The van der Waals surface area contributed by atoms with Crippen molar-refractivity contribution in [1.29, 1.82) is 0 Å². The van der Waals surface area contributed by atoms with Crippen molar-refractivity contribution < 1.29 is 0 Å². The Balaban J connectivity index is 2.57. The summed E-state index contributed by atoms with van der Waals surface area (Å²) < 4.78 is 0. The number of nitrogen functional groups attached to an aromatic ring is 1. The largest absolute Gasteiger partial charge is 0.399 e. The summed E-state index contributed by atoms with van der Waals surface area (Å²) in [6.07, 6.45) is 3.46. The Morgan fingerprint density at radius 1 is 1.38 bits per heavy atom. The van der Waals surface area contributed by atoms with Crippen molar-refractivity contribution in [2.24, 2.45) is 0 Å². The molecule has 3 heteroatoms. The van der Waals surface area contributed by atoms with E-state index in [-0.39, 0.29) is 0 Å². The molecule has 3 N–H and O–H groups in total. The molecule has 0 amide bonds. The number of imidazole rings is 1. The molecule has 0 atom stereocenters. The Kier molecular flexibility index (Phi) is 1.77. The van der Waals surface area contributed by atoms with Crippen LogP contribution in [0.25, 0.3) is 11.3 Å². The van der Waals surface area contributed by atoms with Gasteiger partial charge in [-0.2, -0.15) is 0 Å². The van der Waals surface area contributed by atoms with Crippen molar-refractivity contribution in [2.45, 2.75) is 6.92 Å². The molecule has 0 fully saturated rings. The molecule has 0 saturated heterocycles. The number of nitrogens with one attached hydrogen (secondary N) is 1. The van der Waals surface area contributed by atoms with E-state index in [9.17, 15) is 0 Å². The van der Waals surface area contributed by atoms with Crippen molar-refractivity contribution >= 4 is 5.69 Å². The molecule has 0 aliphatic carbocycles. The molecule has 2 rings (SSSR count). The number of aryl methyl sites for hydroxylation is 1. The first-order valence-electron chi connectivity index (χ1n) is 4.12. The average molecular weight is 173 g/mol. The average Bonchev–Trinajstić information content (AvgIpc) is 2.61. The standard InChI is InChI=1S/C10H11N3/c1-7-2-3-8(11)4-9(7)10-5-12-6-13-10/h2-6H,11H2,1H3,(H,12,13). The van der Waals surface area contributed by atoms with Gasteiger partial charge in [-0.25, -0.2) is 4.98 Å². The lowest BCUT2D eigenvalue weighted by molar-refractivity contribution is 1.31. The van der Waals surface area contributed by atoms with Gasteiger partial charge in [-0.3, -0.25) is 0 Å². The van der Waals surface area contributed by atoms with Gasteiger partial charge in [0.25, 0.3) is 0 Å². The van der Waals surface area contributed by atoms with E-state index in [0.29, 0.717) is 0 Å². The summed E-state index contributed by atoms with van der Waals surface area (Å²) in [5, 5.41) is 0. The number of hydrogen-bond donors (Lipinski definition) is 2. The second-order valence-corrected chi connectivity index (χ2v) is 3.04. The minimum atomic E-state index is 0.773. The van der Waals surface area contributed by atoms with Crippen LogP contribution in [-0.4, -0.2) is 9.97 Å². The highest BCUT2D eigenvalue weighted by Gasteiger charge is 2.02. The van der Waals surface area contributed by atoms with Crippen molar-refractivity contribution in [2.75, 3.05) is 5.73 Å². The maximum absolute atomic E-state index is 5.70. The normalized spacial score (nSPS) is 10.2. The minimum Gasteiger partial charge on any atom is -0.399 e. The van der Waals surface area contributed by atoms with E-state index in [2.05, 4.69) is 16.9 Å². The quantitative estimate of drug-likeness (QED) is 0.648. The van der Waals surface area contributed by atoms with E-state index in [4.69, 9.17) is 5.73 Å². The first-order chi connectivity index (χ1) is 6.27. The predicted molar refractivity (Wildman–Crippen MR) is 53.2 cm³/mol. The molecule has 1 aromatic heterocycles. The van der Waals surface area contributed by atoms with Crippen LogP contribution in [0.1, 0.15) is 5.56 Å². The molecule has 0 saturated carbocycles. The molecule has 0 unspecified atom stereocenters. The third-order valence-corrected chi connectivity index (χ3v) is 2.05. The number of hydrogen-bond acceptors (Lipinski definition) is 2. The smallest absolute Gasteiger partial charge is 0.0924 e. The van der Waals surface area contributed by atoms with Crippen LogP contribution in [0.4, 0.5) is 5.69 Å². The maximum atomic E-state index is 5.70. The number of anilines is 1. The first-order valence-corrected chi connectivity index (χ1v) is 4.12. The SMILES string of the molecule is Cc1ccc(N)cc1-c1cnc[nH]1. The number of H-pyrrole nitrogens is 1. The third kappa shape index (κ3) is 1.40. The van der Waals surface area contributed by atoms with Crippen molar-refractivity contribution in [1.82, 2.24) is 9.97 Å². The summed E-state index contributed by atoms with van der Waals surface area (Å²) >= 11 is 0. The summed E-state index contributed by atoms with van der Waals surface area (Å²) in [5.41, 5.74) is 9.78. The number of rotatable bonds is 1. The molecule has 0 aliphatic heterocycles. The molecule has 2 aromatic rings. The lowest BCUT2D eigenvalue weighted by atomic mass is 10.1. The van der Waals surface area contributed by atoms with Gasteiger partial charge in [0.2, 0.25) is 0 Å². The zero-order chi connectivity index (χ0) is 9.26. The summed E-state index contributed by atoms with van der Waals surface area (Å²) in [6, 6.07) is 5.85. The Labute approximate surface area is 76.6 Å². The number of aromatic amines is 1. The van der Waals surface area contributed by atoms with Gasteiger partial charge in [0, 0.05) is 11.3 Å².